The zero-order chi connectivity index (χ0) is 26.0. The molecule has 1 amide bonds. The van der Waals surface area contributed by atoms with Crippen molar-refractivity contribution in [1.29, 1.82) is 0 Å². The van der Waals surface area contributed by atoms with Gasteiger partial charge in [-0.25, -0.2) is 0 Å². The number of amides is 1. The third-order valence-electron chi connectivity index (χ3n) is 5.55. The van der Waals surface area contributed by atoms with Gasteiger partial charge in [-0.05, 0) is 31.2 Å². The van der Waals surface area contributed by atoms with Gasteiger partial charge in [0.1, 0.15) is 11.5 Å². The number of nitrogens with one attached hydrogen (secondary N) is 1. The highest BCUT2D eigenvalue weighted by molar-refractivity contribution is 9.10. The maximum atomic E-state index is 13.2. The Labute approximate surface area is 214 Å². The Balaban J connectivity index is 1.70. The number of carbonyl (C=O) groups excluding carboxylic acids is 4. The number of rotatable bonds is 7. The minimum Gasteiger partial charge on any atom is -0.497 e. The molecule has 36 heavy (non-hydrogen) atoms. The van der Waals surface area contributed by atoms with Crippen LogP contribution in [0.2, 0.25) is 0 Å². The Kier molecular flexibility index (Phi) is 7.07. The van der Waals surface area contributed by atoms with Crippen molar-refractivity contribution in [2.45, 2.75) is 13.0 Å². The molecule has 1 atom stereocenters. The van der Waals surface area contributed by atoms with Gasteiger partial charge in [-0.2, -0.15) is 10.2 Å². The minimum absolute atomic E-state index is 0.0582. The molecule has 0 aliphatic heterocycles. The van der Waals surface area contributed by atoms with Crippen LogP contribution >= 0.6 is 15.9 Å². The zero-order valence-corrected chi connectivity index (χ0v) is 21.1. The van der Waals surface area contributed by atoms with Crippen LogP contribution < -0.4 is 14.8 Å². The van der Waals surface area contributed by atoms with Crippen molar-refractivity contribution in [2.24, 2.45) is 10.2 Å². The molecule has 0 saturated heterocycles. The highest BCUT2D eigenvalue weighted by atomic mass is 79.9. The Bertz CT molecular complexity index is 1450. The van der Waals surface area contributed by atoms with E-state index in [2.05, 4.69) is 31.5 Å². The Hall–Kier alpha value is -4.18. The van der Waals surface area contributed by atoms with Gasteiger partial charge in [0.2, 0.25) is 6.04 Å². The van der Waals surface area contributed by atoms with Crippen molar-refractivity contribution in [1.82, 2.24) is 0 Å². The predicted molar refractivity (Wildman–Crippen MR) is 135 cm³/mol. The van der Waals surface area contributed by atoms with Crippen LogP contribution in [0, 0.1) is 0 Å². The van der Waals surface area contributed by atoms with Gasteiger partial charge < -0.3 is 14.8 Å². The monoisotopic (exact) mass is 549 g/mol. The van der Waals surface area contributed by atoms with Gasteiger partial charge in [-0.3, -0.25) is 19.2 Å². The molecule has 1 N–H and O–H groups in total. The van der Waals surface area contributed by atoms with E-state index in [0.717, 1.165) is 0 Å². The Morgan fingerprint density at radius 2 is 1.61 bits per heavy atom. The third-order valence-corrected chi connectivity index (χ3v) is 6.01. The summed E-state index contributed by atoms with van der Waals surface area (Å²) in [6.45, 7) is 1.20. The van der Waals surface area contributed by atoms with Crippen LogP contribution in [0.3, 0.4) is 0 Å². The van der Waals surface area contributed by atoms with E-state index in [1.807, 2.05) is 0 Å². The predicted octanol–water partition coefficient (Wildman–Crippen LogP) is 4.92. The van der Waals surface area contributed by atoms with Crippen molar-refractivity contribution in [3.63, 3.8) is 0 Å². The van der Waals surface area contributed by atoms with Crippen molar-refractivity contribution in [3.05, 3.63) is 81.3 Å². The lowest BCUT2D eigenvalue weighted by atomic mass is 9.83. The van der Waals surface area contributed by atoms with Crippen LogP contribution in [0.25, 0.3) is 0 Å². The van der Waals surface area contributed by atoms with Gasteiger partial charge in [0.05, 0.1) is 31.2 Å². The lowest BCUT2D eigenvalue weighted by molar-refractivity contribution is -0.126. The smallest absolute Gasteiger partial charge is 0.258 e. The number of halogens is 1. The molecule has 0 saturated carbocycles. The number of nitrogens with zero attached hydrogens (tertiary/aromatic N) is 2. The molecule has 9 nitrogen and oxygen atoms in total. The highest BCUT2D eigenvalue weighted by Crippen LogP contribution is 2.36. The highest BCUT2D eigenvalue weighted by Gasteiger charge is 2.32. The summed E-state index contributed by atoms with van der Waals surface area (Å²) < 4.78 is 10.9. The van der Waals surface area contributed by atoms with Crippen LogP contribution in [0.1, 0.15) is 38.8 Å². The van der Waals surface area contributed by atoms with E-state index in [1.165, 1.54) is 39.3 Å². The number of methoxy groups -OCH3 is 2. The SMILES string of the molecule is COc1ccc(OC)c(NC(=O)C(N=Nc2cc(Br)cc3c2C(=O)c2ccccc2C3=O)C(C)=O)c1. The summed E-state index contributed by atoms with van der Waals surface area (Å²) in [7, 11) is 2.91. The number of ether oxygens (including phenoxy) is 2. The van der Waals surface area contributed by atoms with Crippen molar-refractivity contribution < 1.29 is 28.7 Å². The van der Waals surface area contributed by atoms with E-state index in [4.69, 9.17) is 9.47 Å². The van der Waals surface area contributed by atoms with Gasteiger partial charge in [0, 0.05) is 27.2 Å². The second-order valence-corrected chi connectivity index (χ2v) is 8.75. The summed E-state index contributed by atoms with van der Waals surface area (Å²) in [5.41, 5.74) is 1.10. The molecule has 0 fully saturated rings. The number of ketones is 3. The van der Waals surface area contributed by atoms with Crippen LogP contribution in [-0.4, -0.2) is 43.5 Å². The number of hydrogen-bond acceptors (Lipinski definition) is 8. The zero-order valence-electron chi connectivity index (χ0n) is 19.5. The average Bonchev–Trinajstić information content (AvgIpc) is 2.86. The second kappa shape index (κ2) is 10.2. The van der Waals surface area contributed by atoms with Gasteiger partial charge >= 0.3 is 0 Å². The van der Waals surface area contributed by atoms with E-state index in [0.29, 0.717) is 21.5 Å². The summed E-state index contributed by atoms with van der Waals surface area (Å²) in [6.07, 6.45) is 0. The summed E-state index contributed by atoms with van der Waals surface area (Å²) in [5, 5.41) is 10.6. The number of Topliss-reactive ketones (excluding diaryl/α,β-unsaturated/α-hetero) is 1. The van der Waals surface area contributed by atoms with Crippen LogP contribution in [0.15, 0.2) is 69.3 Å². The van der Waals surface area contributed by atoms with Gasteiger partial charge in [0.15, 0.2) is 17.3 Å². The lowest BCUT2D eigenvalue weighted by Crippen LogP contribution is -2.32. The number of fused-ring (bicyclic) bond motifs is 2. The topological polar surface area (TPSA) is 123 Å². The molecule has 0 radical (unpaired) electrons. The molecule has 0 bridgehead atoms. The summed E-state index contributed by atoms with van der Waals surface area (Å²) >= 11 is 3.33. The molecule has 1 aliphatic carbocycles. The van der Waals surface area contributed by atoms with Crippen molar-refractivity contribution in [3.8, 4) is 11.5 Å². The van der Waals surface area contributed by atoms with Crippen molar-refractivity contribution in [2.75, 3.05) is 19.5 Å². The van der Waals surface area contributed by atoms with Gasteiger partial charge in [-0.15, -0.1) is 0 Å². The Morgan fingerprint density at radius 1 is 0.917 bits per heavy atom. The Morgan fingerprint density at radius 3 is 2.25 bits per heavy atom. The minimum atomic E-state index is -1.52. The normalized spacial score (nSPS) is 13.1. The number of carbonyl (C=O) groups is 4. The van der Waals surface area contributed by atoms with Crippen molar-refractivity contribution >= 4 is 50.6 Å². The van der Waals surface area contributed by atoms with Gasteiger partial charge in [-0.1, -0.05) is 40.2 Å². The largest absolute Gasteiger partial charge is 0.497 e. The first-order chi connectivity index (χ1) is 17.2. The first-order valence-electron chi connectivity index (χ1n) is 10.7. The van der Waals surface area contributed by atoms with E-state index >= 15 is 0 Å². The molecule has 10 heteroatoms. The first kappa shape index (κ1) is 24.9. The maximum Gasteiger partial charge on any atom is 0.258 e. The first-order valence-corrected chi connectivity index (χ1v) is 11.5. The molecule has 1 unspecified atom stereocenters. The molecule has 4 rings (SSSR count). The fourth-order valence-electron chi connectivity index (χ4n) is 3.80. The van der Waals surface area contributed by atoms with Gasteiger partial charge in [0.25, 0.3) is 5.91 Å². The number of benzene rings is 3. The summed E-state index contributed by atoms with van der Waals surface area (Å²) in [5.74, 6) is -1.23. The maximum absolute atomic E-state index is 13.2. The van der Waals surface area contributed by atoms with E-state index in [-0.39, 0.29) is 33.8 Å². The molecule has 182 valence electrons. The van der Waals surface area contributed by atoms with E-state index in [1.54, 1.807) is 36.4 Å². The quantitative estimate of drug-likeness (QED) is 0.257. The van der Waals surface area contributed by atoms with E-state index in [9.17, 15) is 19.2 Å². The molecular formula is C26H20BrN3O6. The van der Waals surface area contributed by atoms with Crippen LogP contribution in [0.5, 0.6) is 11.5 Å². The fraction of sp³-hybridized carbons (Fsp3) is 0.154. The van der Waals surface area contributed by atoms with E-state index < -0.39 is 23.5 Å². The standard InChI is InChI=1S/C26H20BrN3O6/c1-13(31)23(26(34)28-19-12-15(35-2)8-9-21(19)36-3)30-29-20-11-14(27)10-18-22(20)25(33)17-7-5-4-6-16(17)24(18)32/h4-12,23H,1-3H3,(H,28,34). The molecule has 0 aromatic heterocycles. The summed E-state index contributed by atoms with van der Waals surface area (Å²) in [6, 6.07) is 12.8. The lowest BCUT2D eigenvalue weighted by Gasteiger charge is -2.19. The molecule has 0 spiro atoms. The number of anilines is 1. The molecule has 0 heterocycles. The molecule has 1 aliphatic rings. The molecule has 3 aromatic rings. The van der Waals surface area contributed by atoms with Crippen LogP contribution in [0.4, 0.5) is 11.4 Å². The van der Waals surface area contributed by atoms with Crippen LogP contribution in [-0.2, 0) is 9.59 Å². The number of hydrogen-bond donors (Lipinski definition) is 1. The molecule has 3 aromatic carbocycles. The number of azo groups is 1. The average molecular weight is 550 g/mol. The molecular weight excluding hydrogens is 530 g/mol. The third kappa shape index (κ3) is 4.67. The second-order valence-electron chi connectivity index (χ2n) is 7.84. The fourth-order valence-corrected chi connectivity index (χ4v) is 4.24. The summed E-state index contributed by atoms with van der Waals surface area (Å²) in [4.78, 5) is 51.5.